The first-order chi connectivity index (χ1) is 14.9. The highest BCUT2D eigenvalue weighted by Gasteiger charge is 2.24. The van der Waals surface area contributed by atoms with Crippen LogP contribution in [-0.4, -0.2) is 15.3 Å². The minimum absolute atomic E-state index is 0.0157. The van der Waals surface area contributed by atoms with E-state index in [-0.39, 0.29) is 17.9 Å². The van der Waals surface area contributed by atoms with Crippen molar-refractivity contribution in [2.45, 2.75) is 46.6 Å². The van der Waals surface area contributed by atoms with Crippen molar-refractivity contribution in [1.29, 1.82) is 0 Å². The molecule has 0 unspecified atom stereocenters. The second-order valence-electron chi connectivity index (χ2n) is 8.46. The molecule has 1 aliphatic rings. The average Bonchev–Trinajstić information content (AvgIpc) is 3.32. The number of aryl methyl sites for hydroxylation is 5. The Labute approximate surface area is 185 Å². The first-order valence-electron chi connectivity index (χ1n) is 10.6. The van der Waals surface area contributed by atoms with Crippen LogP contribution in [0.2, 0.25) is 0 Å². The molecule has 5 heteroatoms. The van der Waals surface area contributed by atoms with E-state index in [4.69, 9.17) is 4.98 Å². The molecule has 2 aromatic carbocycles. The number of rotatable bonds is 4. The van der Waals surface area contributed by atoms with Crippen LogP contribution in [-0.2, 0) is 19.4 Å². The predicted octanol–water partition coefficient (Wildman–Crippen LogP) is 5.42. The van der Waals surface area contributed by atoms with Crippen molar-refractivity contribution in [3.63, 3.8) is 0 Å². The lowest BCUT2D eigenvalue weighted by atomic mass is 10.0. The highest BCUT2D eigenvalue weighted by atomic mass is 32.1. The summed E-state index contributed by atoms with van der Waals surface area (Å²) in [6.45, 7) is 6.03. The molecule has 31 heavy (non-hydrogen) atoms. The third-order valence-electron chi connectivity index (χ3n) is 6.23. The lowest BCUT2D eigenvalue weighted by Crippen LogP contribution is -2.27. The molecule has 0 N–H and O–H groups in total. The number of hydrogen-bond donors (Lipinski definition) is 0. The van der Waals surface area contributed by atoms with E-state index in [2.05, 4.69) is 0 Å². The van der Waals surface area contributed by atoms with Gasteiger partial charge >= 0.3 is 0 Å². The van der Waals surface area contributed by atoms with Crippen LogP contribution in [0.1, 0.15) is 43.9 Å². The fraction of sp³-hybridized carbons (Fsp3) is 0.269. The summed E-state index contributed by atoms with van der Waals surface area (Å²) >= 11 is 1.63. The van der Waals surface area contributed by atoms with Gasteiger partial charge in [0.15, 0.2) is 5.78 Å². The van der Waals surface area contributed by atoms with Gasteiger partial charge in [0.25, 0.3) is 5.56 Å². The zero-order valence-corrected chi connectivity index (χ0v) is 18.8. The van der Waals surface area contributed by atoms with Crippen LogP contribution in [0.4, 0.5) is 0 Å². The predicted molar refractivity (Wildman–Crippen MR) is 126 cm³/mol. The van der Waals surface area contributed by atoms with E-state index >= 15 is 0 Å². The monoisotopic (exact) mass is 428 g/mol. The first kappa shape index (κ1) is 19.9. The van der Waals surface area contributed by atoms with Crippen molar-refractivity contribution in [2.75, 3.05) is 0 Å². The molecule has 0 amide bonds. The standard InChI is InChI=1S/C26H24N2O2S/c1-15-6-4-7-19(12-15)24-27-25-23(20-8-5-9-22(20)31-25)26(30)28(24)14-21(29)18-11-10-16(2)17(3)13-18/h4,6-7,10-13H,5,8-9,14H2,1-3H3. The van der Waals surface area contributed by atoms with Crippen LogP contribution in [0, 0.1) is 20.8 Å². The number of Topliss-reactive ketones (excluding diaryl/α,β-unsaturated/α-hetero) is 1. The van der Waals surface area contributed by atoms with Crippen molar-refractivity contribution in [3.05, 3.63) is 85.5 Å². The van der Waals surface area contributed by atoms with Gasteiger partial charge in [0, 0.05) is 16.0 Å². The Bertz CT molecular complexity index is 1410. The van der Waals surface area contributed by atoms with Gasteiger partial charge in [-0.1, -0.05) is 35.9 Å². The maximum absolute atomic E-state index is 13.7. The SMILES string of the molecule is Cc1cccc(-c2nc3sc4c(c3c(=O)n2CC(=O)c2ccc(C)c(C)c2)CCC4)c1. The van der Waals surface area contributed by atoms with E-state index in [1.807, 2.05) is 63.2 Å². The number of ketones is 1. The van der Waals surface area contributed by atoms with Crippen LogP contribution in [0.15, 0.2) is 47.3 Å². The molecule has 4 aromatic rings. The number of carbonyl (C=O) groups excluding carboxylic acids is 1. The van der Waals surface area contributed by atoms with Gasteiger partial charge in [-0.25, -0.2) is 4.98 Å². The summed E-state index contributed by atoms with van der Waals surface area (Å²) in [5.74, 6) is 0.491. The van der Waals surface area contributed by atoms with Gasteiger partial charge in [-0.05, 0) is 68.9 Å². The van der Waals surface area contributed by atoms with Gasteiger partial charge in [0.1, 0.15) is 10.7 Å². The van der Waals surface area contributed by atoms with Crippen LogP contribution in [0.5, 0.6) is 0 Å². The summed E-state index contributed by atoms with van der Waals surface area (Å²) in [5.41, 5.74) is 5.83. The summed E-state index contributed by atoms with van der Waals surface area (Å²) in [5, 5.41) is 0.710. The zero-order chi connectivity index (χ0) is 21.7. The second kappa shape index (κ2) is 7.57. The second-order valence-corrected chi connectivity index (χ2v) is 9.54. The summed E-state index contributed by atoms with van der Waals surface area (Å²) in [6, 6.07) is 13.7. The Hall–Kier alpha value is -3.05. The van der Waals surface area contributed by atoms with Crippen molar-refractivity contribution in [3.8, 4) is 11.4 Å². The number of carbonyl (C=O) groups is 1. The number of thiophene rings is 1. The van der Waals surface area contributed by atoms with Gasteiger partial charge in [-0.2, -0.15) is 0 Å². The van der Waals surface area contributed by atoms with E-state index in [0.29, 0.717) is 16.8 Å². The van der Waals surface area contributed by atoms with Crippen molar-refractivity contribution in [2.24, 2.45) is 0 Å². The van der Waals surface area contributed by atoms with Crippen LogP contribution in [0.25, 0.3) is 21.6 Å². The molecular weight excluding hydrogens is 404 g/mol. The molecule has 156 valence electrons. The van der Waals surface area contributed by atoms with Gasteiger partial charge in [-0.3, -0.25) is 14.2 Å². The van der Waals surface area contributed by atoms with Crippen LogP contribution in [0.3, 0.4) is 0 Å². The number of aromatic nitrogens is 2. The van der Waals surface area contributed by atoms with Gasteiger partial charge in [0.2, 0.25) is 0 Å². The molecule has 4 nitrogen and oxygen atoms in total. The fourth-order valence-corrected chi connectivity index (χ4v) is 5.63. The molecule has 0 radical (unpaired) electrons. The highest BCUT2D eigenvalue weighted by molar-refractivity contribution is 7.18. The zero-order valence-electron chi connectivity index (χ0n) is 18.0. The molecule has 0 saturated heterocycles. The molecule has 1 aliphatic carbocycles. The Morgan fingerprint density at radius 1 is 1.06 bits per heavy atom. The van der Waals surface area contributed by atoms with E-state index < -0.39 is 0 Å². The fourth-order valence-electron chi connectivity index (χ4n) is 4.38. The molecule has 0 atom stereocenters. The summed E-state index contributed by atoms with van der Waals surface area (Å²) in [7, 11) is 0. The topological polar surface area (TPSA) is 52.0 Å². The Balaban J connectivity index is 1.70. The minimum Gasteiger partial charge on any atom is -0.292 e. The number of hydrogen-bond acceptors (Lipinski definition) is 4. The Kier molecular flexibility index (Phi) is 4.86. The molecule has 2 heterocycles. The largest absolute Gasteiger partial charge is 0.292 e. The normalized spacial score (nSPS) is 13.0. The molecule has 0 aliphatic heterocycles. The van der Waals surface area contributed by atoms with Crippen molar-refractivity contribution in [1.82, 2.24) is 9.55 Å². The molecule has 0 saturated carbocycles. The highest BCUT2D eigenvalue weighted by Crippen LogP contribution is 2.35. The number of benzene rings is 2. The first-order valence-corrected chi connectivity index (χ1v) is 11.5. The van der Waals surface area contributed by atoms with Gasteiger partial charge < -0.3 is 0 Å². The molecule has 5 rings (SSSR count). The Morgan fingerprint density at radius 3 is 2.68 bits per heavy atom. The van der Waals surface area contributed by atoms with E-state index in [0.717, 1.165) is 51.9 Å². The molecule has 0 spiro atoms. The number of nitrogens with zero attached hydrogens (tertiary/aromatic N) is 2. The maximum atomic E-state index is 13.7. The lowest BCUT2D eigenvalue weighted by Gasteiger charge is -2.13. The molecule has 0 bridgehead atoms. The van der Waals surface area contributed by atoms with E-state index in [1.165, 1.54) is 4.88 Å². The van der Waals surface area contributed by atoms with E-state index in [9.17, 15) is 9.59 Å². The smallest absolute Gasteiger partial charge is 0.263 e. The van der Waals surface area contributed by atoms with Gasteiger partial charge in [-0.15, -0.1) is 11.3 Å². The van der Waals surface area contributed by atoms with E-state index in [1.54, 1.807) is 15.9 Å². The van der Waals surface area contributed by atoms with Crippen LogP contribution >= 0.6 is 11.3 Å². The average molecular weight is 429 g/mol. The van der Waals surface area contributed by atoms with Crippen molar-refractivity contribution < 1.29 is 4.79 Å². The van der Waals surface area contributed by atoms with Crippen molar-refractivity contribution >= 4 is 27.3 Å². The van der Waals surface area contributed by atoms with Crippen LogP contribution < -0.4 is 5.56 Å². The summed E-state index contributed by atoms with van der Waals surface area (Å²) in [6.07, 6.45) is 3.01. The summed E-state index contributed by atoms with van der Waals surface area (Å²) in [4.78, 5) is 33.9. The molecule has 0 fully saturated rings. The number of fused-ring (bicyclic) bond motifs is 3. The molecule has 2 aromatic heterocycles. The minimum atomic E-state index is -0.0990. The molecular formula is C26H24N2O2S. The maximum Gasteiger partial charge on any atom is 0.263 e. The Morgan fingerprint density at radius 2 is 1.90 bits per heavy atom. The third-order valence-corrected chi connectivity index (χ3v) is 7.42. The quantitative estimate of drug-likeness (QED) is 0.408. The third kappa shape index (κ3) is 3.43. The van der Waals surface area contributed by atoms with Gasteiger partial charge in [0.05, 0.1) is 11.9 Å². The summed E-state index contributed by atoms with van der Waals surface area (Å²) < 4.78 is 1.58. The lowest BCUT2D eigenvalue weighted by molar-refractivity contribution is 0.0971.